The van der Waals surface area contributed by atoms with Crippen LogP contribution < -0.4 is 5.30 Å². The second-order valence-corrected chi connectivity index (χ2v) is 8.14. The molecule has 1 aliphatic heterocycles. The minimum absolute atomic E-state index is 0.0699. The standard InChI is InChI=1S/C19H22NO4P/c1-2-23-19(21)15-20-18(16-9-5-3-6-10-16)13-14-24-25(20,22)17-11-7-4-8-12-17/h3-12,18H,2,13-15H2,1H3. The maximum atomic E-state index is 13.8. The molecule has 1 saturated heterocycles. The zero-order valence-corrected chi connectivity index (χ0v) is 15.1. The van der Waals surface area contributed by atoms with Gasteiger partial charge in [-0.15, -0.1) is 0 Å². The fourth-order valence-electron chi connectivity index (χ4n) is 3.09. The Balaban J connectivity index is 2.01. The molecule has 2 unspecified atom stereocenters. The first-order valence-corrected chi connectivity index (χ1v) is 10.0. The Morgan fingerprint density at radius 1 is 1.16 bits per heavy atom. The average Bonchev–Trinajstić information content (AvgIpc) is 2.65. The molecule has 0 radical (unpaired) electrons. The van der Waals surface area contributed by atoms with E-state index in [9.17, 15) is 9.36 Å². The summed E-state index contributed by atoms with van der Waals surface area (Å²) in [5, 5.41) is 0.597. The van der Waals surface area contributed by atoms with Crippen LogP contribution in [0.5, 0.6) is 0 Å². The molecule has 0 amide bonds. The van der Waals surface area contributed by atoms with Crippen LogP contribution >= 0.6 is 7.52 Å². The average molecular weight is 359 g/mol. The molecule has 0 spiro atoms. The lowest BCUT2D eigenvalue weighted by atomic mass is 10.0. The lowest BCUT2D eigenvalue weighted by Crippen LogP contribution is -2.39. The van der Waals surface area contributed by atoms with Gasteiger partial charge in [-0.3, -0.25) is 9.36 Å². The van der Waals surface area contributed by atoms with Crippen LogP contribution in [0.15, 0.2) is 60.7 Å². The van der Waals surface area contributed by atoms with E-state index in [2.05, 4.69) is 0 Å². The summed E-state index contributed by atoms with van der Waals surface area (Å²) >= 11 is 0. The predicted octanol–water partition coefficient (Wildman–Crippen LogP) is 3.53. The summed E-state index contributed by atoms with van der Waals surface area (Å²) in [4.78, 5) is 12.2. The Bertz CT molecular complexity index is 751. The SMILES string of the molecule is CCOC(=O)CN1C(c2ccccc2)CCOP1(=O)c1ccccc1. The van der Waals surface area contributed by atoms with Crippen LogP contribution in [0.1, 0.15) is 24.9 Å². The lowest BCUT2D eigenvalue weighted by Gasteiger charge is -2.40. The van der Waals surface area contributed by atoms with Gasteiger partial charge in [-0.05, 0) is 31.0 Å². The van der Waals surface area contributed by atoms with Gasteiger partial charge in [-0.1, -0.05) is 48.5 Å². The lowest BCUT2D eigenvalue weighted by molar-refractivity contribution is -0.144. The molecular formula is C19H22NO4P. The number of rotatable bonds is 5. The minimum Gasteiger partial charge on any atom is -0.465 e. The maximum absolute atomic E-state index is 13.8. The molecule has 5 nitrogen and oxygen atoms in total. The van der Waals surface area contributed by atoms with E-state index in [1.807, 2.05) is 48.5 Å². The zero-order valence-electron chi connectivity index (χ0n) is 14.2. The Labute approximate surface area is 148 Å². The van der Waals surface area contributed by atoms with Gasteiger partial charge in [0.05, 0.1) is 18.5 Å². The third-order valence-corrected chi connectivity index (χ3v) is 6.80. The van der Waals surface area contributed by atoms with Crippen LogP contribution in [0.2, 0.25) is 0 Å². The number of hydrogen-bond acceptors (Lipinski definition) is 4. The molecule has 6 heteroatoms. The van der Waals surface area contributed by atoms with Crippen LogP contribution in [0.3, 0.4) is 0 Å². The molecule has 1 aliphatic rings. The van der Waals surface area contributed by atoms with Crippen LogP contribution in [0, 0.1) is 0 Å². The van der Waals surface area contributed by atoms with E-state index in [1.54, 1.807) is 23.7 Å². The normalized spacial score (nSPS) is 24.0. The van der Waals surface area contributed by atoms with E-state index < -0.39 is 13.5 Å². The van der Waals surface area contributed by atoms with Crippen molar-refractivity contribution in [3.8, 4) is 0 Å². The van der Waals surface area contributed by atoms with Crippen molar-refractivity contribution in [1.29, 1.82) is 0 Å². The van der Waals surface area contributed by atoms with E-state index in [0.29, 0.717) is 24.9 Å². The highest BCUT2D eigenvalue weighted by Gasteiger charge is 2.43. The van der Waals surface area contributed by atoms with Gasteiger partial charge in [0, 0.05) is 6.04 Å². The van der Waals surface area contributed by atoms with E-state index in [1.165, 1.54) is 0 Å². The van der Waals surface area contributed by atoms with E-state index in [-0.39, 0.29) is 12.6 Å². The molecule has 3 rings (SSSR count). The van der Waals surface area contributed by atoms with Gasteiger partial charge in [-0.2, -0.15) is 0 Å². The molecule has 0 bridgehead atoms. The molecule has 0 saturated carbocycles. The molecule has 0 aliphatic carbocycles. The quantitative estimate of drug-likeness (QED) is 0.604. The van der Waals surface area contributed by atoms with Crippen LogP contribution in [0.25, 0.3) is 0 Å². The molecule has 25 heavy (non-hydrogen) atoms. The van der Waals surface area contributed by atoms with Gasteiger partial charge in [0.25, 0.3) is 0 Å². The van der Waals surface area contributed by atoms with E-state index in [0.717, 1.165) is 5.56 Å². The number of nitrogens with zero attached hydrogens (tertiary/aromatic N) is 1. The summed E-state index contributed by atoms with van der Waals surface area (Å²) in [6, 6.07) is 18.7. The van der Waals surface area contributed by atoms with Crippen LogP contribution in [-0.2, 0) is 18.6 Å². The summed E-state index contributed by atoms with van der Waals surface area (Å²) in [6.07, 6.45) is 0.667. The van der Waals surface area contributed by atoms with Crippen molar-refractivity contribution in [2.45, 2.75) is 19.4 Å². The zero-order chi connectivity index (χ0) is 17.7. The maximum Gasteiger partial charge on any atom is 0.320 e. The highest BCUT2D eigenvalue weighted by Crippen LogP contribution is 2.57. The van der Waals surface area contributed by atoms with Gasteiger partial charge < -0.3 is 9.26 Å². The monoisotopic (exact) mass is 359 g/mol. The first-order chi connectivity index (χ1) is 12.1. The first-order valence-electron chi connectivity index (χ1n) is 8.43. The number of esters is 1. The Morgan fingerprint density at radius 3 is 2.44 bits per heavy atom. The molecule has 132 valence electrons. The molecule has 1 fully saturated rings. The van der Waals surface area contributed by atoms with Crippen molar-refractivity contribution in [3.05, 3.63) is 66.2 Å². The second-order valence-electron chi connectivity index (χ2n) is 5.81. The van der Waals surface area contributed by atoms with Crippen molar-refractivity contribution in [1.82, 2.24) is 4.67 Å². The highest BCUT2D eigenvalue weighted by atomic mass is 31.2. The number of hydrogen-bond donors (Lipinski definition) is 0. The fourth-order valence-corrected chi connectivity index (χ4v) is 5.50. The molecule has 2 atom stereocenters. The Kier molecular flexibility index (Phi) is 5.69. The van der Waals surface area contributed by atoms with E-state index >= 15 is 0 Å². The smallest absolute Gasteiger partial charge is 0.320 e. The van der Waals surface area contributed by atoms with Crippen molar-refractivity contribution < 1.29 is 18.6 Å². The van der Waals surface area contributed by atoms with Crippen molar-refractivity contribution in [2.75, 3.05) is 19.8 Å². The predicted molar refractivity (Wildman–Crippen MR) is 96.8 cm³/mol. The minimum atomic E-state index is -3.34. The van der Waals surface area contributed by atoms with Crippen molar-refractivity contribution >= 4 is 18.8 Å². The van der Waals surface area contributed by atoms with Gasteiger partial charge in [-0.25, -0.2) is 4.67 Å². The Hall–Kier alpha value is -1.94. The van der Waals surface area contributed by atoms with Gasteiger partial charge in [0.1, 0.15) is 6.54 Å². The largest absolute Gasteiger partial charge is 0.465 e. The fraction of sp³-hybridized carbons (Fsp3) is 0.316. The third kappa shape index (κ3) is 3.84. The van der Waals surface area contributed by atoms with E-state index in [4.69, 9.17) is 9.26 Å². The third-order valence-electron chi connectivity index (χ3n) is 4.22. The summed E-state index contributed by atoms with van der Waals surface area (Å²) in [6.45, 7) is 2.36. The summed E-state index contributed by atoms with van der Waals surface area (Å²) in [7, 11) is -3.34. The summed E-state index contributed by atoms with van der Waals surface area (Å²) in [5.41, 5.74) is 1.02. The number of benzene rings is 2. The van der Waals surface area contributed by atoms with Gasteiger partial charge >= 0.3 is 13.5 Å². The van der Waals surface area contributed by atoms with Crippen LogP contribution in [-0.4, -0.2) is 30.4 Å². The van der Waals surface area contributed by atoms with Gasteiger partial charge in [0.15, 0.2) is 0 Å². The van der Waals surface area contributed by atoms with Crippen molar-refractivity contribution in [3.63, 3.8) is 0 Å². The van der Waals surface area contributed by atoms with Crippen molar-refractivity contribution in [2.24, 2.45) is 0 Å². The highest BCUT2D eigenvalue weighted by molar-refractivity contribution is 7.64. The molecular weight excluding hydrogens is 337 g/mol. The Morgan fingerprint density at radius 2 is 1.80 bits per heavy atom. The second kappa shape index (κ2) is 7.96. The topological polar surface area (TPSA) is 55.8 Å². The number of ether oxygens (including phenoxy) is 1. The molecule has 2 aromatic carbocycles. The summed E-state index contributed by atoms with van der Waals surface area (Å²) < 4.78 is 26.3. The number of carbonyl (C=O) groups excluding carboxylic acids is 1. The molecule has 2 aromatic rings. The summed E-state index contributed by atoms with van der Waals surface area (Å²) in [5.74, 6) is -0.398. The first kappa shape index (κ1) is 17.9. The van der Waals surface area contributed by atoms with Gasteiger partial charge in [0.2, 0.25) is 0 Å². The molecule has 0 aromatic heterocycles. The van der Waals surface area contributed by atoms with Crippen LogP contribution in [0.4, 0.5) is 0 Å². The molecule has 1 heterocycles. The number of carbonyl (C=O) groups is 1. The molecule has 0 N–H and O–H groups in total.